The smallest absolute Gasteiger partial charge is 0.101 e. The number of nitrogens with one attached hydrogen (secondary N) is 1. The summed E-state index contributed by atoms with van der Waals surface area (Å²) in [5.74, 6) is 1.65. The Balaban J connectivity index is 1.92. The predicted molar refractivity (Wildman–Crippen MR) is 78.5 cm³/mol. The third kappa shape index (κ3) is 3.49. The van der Waals surface area contributed by atoms with Gasteiger partial charge in [-0.2, -0.15) is 5.26 Å². The molecule has 1 aliphatic carbocycles. The Morgan fingerprint density at radius 2 is 2.06 bits per heavy atom. The largest absolute Gasteiger partial charge is 0.384 e. The van der Waals surface area contributed by atoms with Crippen LogP contribution < -0.4 is 5.32 Å². The number of nitriles is 1. The topological polar surface area (TPSA) is 35.8 Å². The van der Waals surface area contributed by atoms with Crippen molar-refractivity contribution in [1.82, 2.24) is 0 Å². The van der Waals surface area contributed by atoms with E-state index in [4.69, 9.17) is 5.26 Å². The summed E-state index contributed by atoms with van der Waals surface area (Å²) in [4.78, 5) is 0. The van der Waals surface area contributed by atoms with Crippen molar-refractivity contribution in [3.05, 3.63) is 28.2 Å². The second kappa shape index (κ2) is 6.24. The molecule has 1 N–H and O–H groups in total. The molecule has 0 unspecified atom stereocenters. The number of halogens is 1. The number of rotatable bonds is 3. The molecule has 0 aliphatic heterocycles. The maximum Gasteiger partial charge on any atom is 0.101 e. The van der Waals surface area contributed by atoms with Gasteiger partial charge in [-0.15, -0.1) is 0 Å². The minimum Gasteiger partial charge on any atom is -0.384 e. The van der Waals surface area contributed by atoms with Crippen LogP contribution in [0.4, 0.5) is 5.69 Å². The minimum atomic E-state index is 0.716. The molecule has 1 fully saturated rings. The Kier molecular flexibility index (Phi) is 4.66. The quantitative estimate of drug-likeness (QED) is 0.888. The van der Waals surface area contributed by atoms with Crippen LogP contribution in [-0.4, -0.2) is 6.54 Å². The van der Waals surface area contributed by atoms with Crippen LogP contribution in [0.15, 0.2) is 22.7 Å². The van der Waals surface area contributed by atoms with E-state index in [1.807, 2.05) is 18.2 Å². The molecule has 1 aromatic carbocycles. The molecule has 0 atom stereocenters. The fourth-order valence-electron chi connectivity index (χ4n) is 2.55. The van der Waals surface area contributed by atoms with E-state index in [0.29, 0.717) is 5.56 Å². The van der Waals surface area contributed by atoms with E-state index in [9.17, 15) is 0 Å². The van der Waals surface area contributed by atoms with Gasteiger partial charge < -0.3 is 5.32 Å². The zero-order chi connectivity index (χ0) is 13.0. The molecule has 0 radical (unpaired) electrons. The minimum absolute atomic E-state index is 0.716. The molecule has 0 heterocycles. The van der Waals surface area contributed by atoms with Gasteiger partial charge in [0.1, 0.15) is 6.07 Å². The molecular weight excluding hydrogens is 288 g/mol. The molecule has 1 saturated carbocycles. The van der Waals surface area contributed by atoms with Crippen LogP contribution in [0.5, 0.6) is 0 Å². The molecule has 0 bridgehead atoms. The van der Waals surface area contributed by atoms with Gasteiger partial charge in [0.05, 0.1) is 11.3 Å². The highest BCUT2D eigenvalue weighted by atomic mass is 79.9. The molecule has 2 rings (SSSR count). The van der Waals surface area contributed by atoms with Gasteiger partial charge in [-0.1, -0.05) is 35.7 Å². The van der Waals surface area contributed by atoms with Crippen molar-refractivity contribution >= 4 is 21.6 Å². The number of anilines is 1. The van der Waals surface area contributed by atoms with E-state index in [2.05, 4.69) is 34.2 Å². The highest BCUT2D eigenvalue weighted by Crippen LogP contribution is 2.29. The lowest BCUT2D eigenvalue weighted by Crippen LogP contribution is -2.20. The zero-order valence-electron chi connectivity index (χ0n) is 10.7. The van der Waals surface area contributed by atoms with Crippen molar-refractivity contribution in [2.75, 3.05) is 11.9 Å². The number of hydrogen-bond donors (Lipinski definition) is 1. The summed E-state index contributed by atoms with van der Waals surface area (Å²) in [6, 6.07) is 8.06. The lowest BCUT2D eigenvalue weighted by molar-refractivity contribution is 0.300. The summed E-state index contributed by atoms with van der Waals surface area (Å²) in [6.07, 6.45) is 5.31. The van der Waals surface area contributed by atoms with Crippen molar-refractivity contribution in [2.24, 2.45) is 11.8 Å². The lowest BCUT2D eigenvalue weighted by atomic mass is 9.83. The van der Waals surface area contributed by atoms with Gasteiger partial charge in [0.25, 0.3) is 0 Å². The van der Waals surface area contributed by atoms with Gasteiger partial charge in [-0.05, 0) is 42.9 Å². The Morgan fingerprint density at radius 1 is 1.33 bits per heavy atom. The SMILES string of the molecule is CC1CCC(CNc2ccc(Br)cc2C#N)CC1. The van der Waals surface area contributed by atoms with E-state index in [1.165, 1.54) is 25.7 Å². The Morgan fingerprint density at radius 3 is 2.72 bits per heavy atom. The van der Waals surface area contributed by atoms with Crippen LogP contribution in [0.2, 0.25) is 0 Å². The number of nitrogens with zero attached hydrogens (tertiary/aromatic N) is 1. The van der Waals surface area contributed by atoms with Crippen molar-refractivity contribution < 1.29 is 0 Å². The van der Waals surface area contributed by atoms with Gasteiger partial charge in [0.15, 0.2) is 0 Å². The summed E-state index contributed by atoms with van der Waals surface area (Å²) in [7, 11) is 0. The summed E-state index contributed by atoms with van der Waals surface area (Å²) >= 11 is 3.39. The molecule has 0 saturated heterocycles. The molecule has 0 aromatic heterocycles. The molecule has 3 heteroatoms. The van der Waals surface area contributed by atoms with E-state index >= 15 is 0 Å². The summed E-state index contributed by atoms with van der Waals surface area (Å²) in [5.41, 5.74) is 1.67. The van der Waals surface area contributed by atoms with Gasteiger partial charge >= 0.3 is 0 Å². The first-order chi connectivity index (χ1) is 8.69. The third-order valence-corrected chi connectivity index (χ3v) is 4.31. The normalized spacial score (nSPS) is 23.4. The molecule has 96 valence electrons. The molecule has 1 aromatic rings. The Bertz CT molecular complexity index is 442. The van der Waals surface area contributed by atoms with E-state index in [0.717, 1.165) is 28.5 Å². The van der Waals surface area contributed by atoms with Gasteiger partial charge in [-0.3, -0.25) is 0 Å². The van der Waals surface area contributed by atoms with E-state index in [1.54, 1.807) is 0 Å². The molecule has 0 amide bonds. The zero-order valence-corrected chi connectivity index (χ0v) is 12.3. The maximum absolute atomic E-state index is 9.10. The van der Waals surface area contributed by atoms with Crippen LogP contribution in [-0.2, 0) is 0 Å². The predicted octanol–water partition coefficient (Wildman–Crippen LogP) is 4.56. The first-order valence-corrected chi connectivity index (χ1v) is 7.42. The molecular formula is C15H19BrN2. The highest BCUT2D eigenvalue weighted by Gasteiger charge is 2.18. The lowest BCUT2D eigenvalue weighted by Gasteiger charge is -2.26. The van der Waals surface area contributed by atoms with Crippen LogP contribution in [0.1, 0.15) is 38.2 Å². The fourth-order valence-corrected chi connectivity index (χ4v) is 2.91. The van der Waals surface area contributed by atoms with Crippen LogP contribution in [0.25, 0.3) is 0 Å². The van der Waals surface area contributed by atoms with Crippen molar-refractivity contribution in [2.45, 2.75) is 32.6 Å². The van der Waals surface area contributed by atoms with Crippen molar-refractivity contribution in [1.29, 1.82) is 5.26 Å². The maximum atomic E-state index is 9.10. The Labute approximate surface area is 118 Å². The average molecular weight is 307 g/mol. The first kappa shape index (κ1) is 13.4. The summed E-state index contributed by atoms with van der Waals surface area (Å²) in [6.45, 7) is 3.33. The molecule has 18 heavy (non-hydrogen) atoms. The third-order valence-electron chi connectivity index (χ3n) is 3.82. The molecule has 1 aliphatic rings. The van der Waals surface area contributed by atoms with Crippen molar-refractivity contribution in [3.8, 4) is 6.07 Å². The fraction of sp³-hybridized carbons (Fsp3) is 0.533. The number of benzene rings is 1. The van der Waals surface area contributed by atoms with Crippen LogP contribution in [0.3, 0.4) is 0 Å². The Hall–Kier alpha value is -1.01. The van der Waals surface area contributed by atoms with E-state index in [-0.39, 0.29) is 0 Å². The standard InChI is InChI=1S/C15H19BrN2/c1-11-2-4-12(5-3-11)10-18-15-7-6-14(16)8-13(15)9-17/h6-8,11-12,18H,2-5,10H2,1H3. The second-order valence-electron chi connectivity index (χ2n) is 5.31. The molecule has 2 nitrogen and oxygen atoms in total. The highest BCUT2D eigenvalue weighted by molar-refractivity contribution is 9.10. The van der Waals surface area contributed by atoms with Crippen molar-refractivity contribution in [3.63, 3.8) is 0 Å². The summed E-state index contributed by atoms with van der Waals surface area (Å²) < 4.78 is 0.955. The monoisotopic (exact) mass is 306 g/mol. The van der Waals surface area contributed by atoms with Gasteiger partial charge in [0, 0.05) is 11.0 Å². The first-order valence-electron chi connectivity index (χ1n) is 6.62. The van der Waals surface area contributed by atoms with Crippen LogP contribution in [0, 0.1) is 23.2 Å². The number of hydrogen-bond acceptors (Lipinski definition) is 2. The van der Waals surface area contributed by atoms with Gasteiger partial charge in [-0.25, -0.2) is 0 Å². The molecule has 0 spiro atoms. The van der Waals surface area contributed by atoms with Gasteiger partial charge in [0.2, 0.25) is 0 Å². The van der Waals surface area contributed by atoms with E-state index < -0.39 is 0 Å². The second-order valence-corrected chi connectivity index (χ2v) is 6.22. The van der Waals surface area contributed by atoms with Crippen LogP contribution >= 0.6 is 15.9 Å². The average Bonchev–Trinajstić information content (AvgIpc) is 2.39. The summed E-state index contributed by atoms with van der Waals surface area (Å²) in [5, 5.41) is 12.5.